The fourth-order valence-electron chi connectivity index (χ4n) is 3.19. The Hall–Kier alpha value is -3.52. The fourth-order valence-corrected chi connectivity index (χ4v) is 3.19. The van der Waals surface area contributed by atoms with Gasteiger partial charge in [0.05, 0.1) is 0 Å². The van der Waals surface area contributed by atoms with Gasteiger partial charge >= 0.3 is 0 Å². The first-order valence-electron chi connectivity index (χ1n) is 9.40. The number of para-hydroxylation sites is 4. The first-order chi connectivity index (χ1) is 14.1. The molecule has 0 bridgehead atoms. The molecule has 0 saturated carbocycles. The lowest BCUT2D eigenvalue weighted by atomic mass is 9.77. The average molecular weight is 376 g/mol. The first-order valence-corrected chi connectivity index (χ1v) is 9.40. The molecule has 4 rings (SSSR count). The largest absolute Gasteiger partial charge is 0.457 e. The summed E-state index contributed by atoms with van der Waals surface area (Å²) in [6, 6.07) is 34.1. The zero-order valence-corrected chi connectivity index (χ0v) is 15.9. The predicted molar refractivity (Wildman–Crippen MR) is 115 cm³/mol. The van der Waals surface area contributed by atoms with Gasteiger partial charge in [-0.3, -0.25) is 0 Å². The van der Waals surface area contributed by atoms with Crippen LogP contribution >= 0.6 is 0 Å². The summed E-state index contributed by atoms with van der Waals surface area (Å²) in [5.41, 5.74) is -0.00237. The third-order valence-electron chi connectivity index (χ3n) is 4.64. The molecular weight excluding hydrogens is 356 g/mol. The lowest BCUT2D eigenvalue weighted by Gasteiger charge is -2.29. The van der Waals surface area contributed by atoms with Gasteiger partial charge in [-0.1, -0.05) is 72.8 Å². The Morgan fingerprint density at radius 2 is 0.862 bits per heavy atom. The molecule has 0 spiro atoms. The van der Waals surface area contributed by atoms with Gasteiger partial charge in [0.1, 0.15) is 23.0 Å². The van der Waals surface area contributed by atoms with Crippen molar-refractivity contribution >= 4 is 0 Å². The van der Waals surface area contributed by atoms with Crippen molar-refractivity contribution in [1.82, 2.24) is 0 Å². The molecule has 0 N–H and O–H groups in total. The number of rotatable bonds is 6. The molecule has 0 heterocycles. The number of hydrogen-bond donors (Lipinski definition) is 0. The van der Waals surface area contributed by atoms with Gasteiger partial charge in [0.25, 0.3) is 0 Å². The molecule has 0 aliphatic carbocycles. The smallest absolute Gasteiger partial charge is 0.131 e. The third-order valence-corrected chi connectivity index (χ3v) is 4.64. The molecule has 0 saturated heterocycles. The van der Waals surface area contributed by atoms with E-state index in [4.69, 9.17) is 16.4 Å². The highest BCUT2D eigenvalue weighted by Crippen LogP contribution is 2.42. The molecular formula is C27H20O2. The average Bonchev–Trinajstić information content (AvgIpc) is 2.76. The van der Waals surface area contributed by atoms with Crippen molar-refractivity contribution < 1.29 is 9.47 Å². The molecule has 2 nitrogen and oxygen atoms in total. The highest BCUT2D eigenvalue weighted by Gasteiger charge is 2.30. The van der Waals surface area contributed by atoms with Gasteiger partial charge < -0.3 is 9.47 Å². The summed E-state index contributed by atoms with van der Waals surface area (Å²) in [5.74, 6) is 2.62. The van der Waals surface area contributed by atoms with E-state index in [0.717, 1.165) is 0 Å². The van der Waals surface area contributed by atoms with Crippen LogP contribution in [0.1, 0.15) is 11.1 Å². The molecule has 0 fully saturated rings. The van der Waals surface area contributed by atoms with Crippen LogP contribution < -0.4 is 9.47 Å². The molecule has 0 aliphatic heterocycles. The van der Waals surface area contributed by atoms with E-state index in [1.54, 1.807) is 0 Å². The van der Waals surface area contributed by atoms with Crippen LogP contribution in [0.3, 0.4) is 0 Å². The van der Waals surface area contributed by atoms with Crippen molar-refractivity contribution in [2.24, 2.45) is 0 Å². The summed E-state index contributed by atoms with van der Waals surface area (Å²) in [6.45, 7) is 13.4. The fraction of sp³-hybridized carbons (Fsp3) is 0.0370. The lowest BCUT2D eigenvalue weighted by Crippen LogP contribution is -2.21. The maximum Gasteiger partial charge on any atom is 0.131 e. The zero-order valence-electron chi connectivity index (χ0n) is 15.9. The molecule has 0 unspecified atom stereocenters. The minimum Gasteiger partial charge on any atom is -0.457 e. The molecule has 29 heavy (non-hydrogen) atoms. The van der Waals surface area contributed by atoms with Crippen LogP contribution in [-0.4, -0.2) is 0 Å². The predicted octanol–water partition coefficient (Wildman–Crippen LogP) is 6.98. The molecule has 0 aliphatic rings. The van der Waals surface area contributed by atoms with Crippen molar-refractivity contribution in [2.75, 3.05) is 0 Å². The summed E-state index contributed by atoms with van der Waals surface area (Å²) in [6.07, 6.45) is 0. The molecule has 2 heteroatoms. The summed E-state index contributed by atoms with van der Waals surface area (Å²) < 4.78 is 12.1. The Morgan fingerprint density at radius 3 is 1.28 bits per heavy atom. The zero-order chi connectivity index (χ0) is 20.1. The van der Waals surface area contributed by atoms with E-state index >= 15 is 0 Å². The van der Waals surface area contributed by atoms with Crippen LogP contribution in [0.25, 0.3) is 0 Å². The molecule has 0 aromatic heterocycles. The first kappa shape index (κ1) is 18.8. The minimum absolute atomic E-state index is 0.596. The van der Waals surface area contributed by atoms with Crippen molar-refractivity contribution in [3.63, 3.8) is 0 Å². The van der Waals surface area contributed by atoms with Crippen LogP contribution in [0.15, 0.2) is 109 Å². The lowest BCUT2D eigenvalue weighted by molar-refractivity contribution is 0.459. The third kappa shape index (κ3) is 4.17. The summed E-state index contributed by atoms with van der Waals surface area (Å²) >= 11 is 0. The van der Waals surface area contributed by atoms with Gasteiger partial charge in [-0.05, 0) is 43.3 Å². The van der Waals surface area contributed by atoms with Crippen molar-refractivity contribution in [3.8, 4) is 23.0 Å². The van der Waals surface area contributed by atoms with Gasteiger partial charge in [0.2, 0.25) is 0 Å². The van der Waals surface area contributed by atoms with E-state index in [1.807, 2.05) is 109 Å². The topological polar surface area (TPSA) is 18.5 Å². The Morgan fingerprint density at radius 1 is 0.517 bits per heavy atom. The van der Waals surface area contributed by atoms with Crippen LogP contribution in [0.2, 0.25) is 0 Å². The van der Waals surface area contributed by atoms with Gasteiger partial charge in [0, 0.05) is 23.5 Å². The summed E-state index contributed by atoms with van der Waals surface area (Å²) in [4.78, 5) is 0. The van der Waals surface area contributed by atoms with Gasteiger partial charge in [-0.2, -0.15) is 0 Å². The number of ether oxygens (including phenoxy) is 2. The Balaban J connectivity index is 1.73. The SMILES string of the molecule is [C]C([CH2])(c1ccccc1Oc1ccccc1)c1ccccc1Oc1ccccc1. The molecule has 4 aromatic rings. The maximum absolute atomic E-state index is 9.15. The summed E-state index contributed by atoms with van der Waals surface area (Å²) in [5, 5.41) is 0. The quantitative estimate of drug-likeness (QED) is 0.361. The van der Waals surface area contributed by atoms with Crippen LogP contribution in [0, 0.1) is 13.8 Å². The Kier molecular flexibility index (Phi) is 5.35. The van der Waals surface area contributed by atoms with E-state index in [0.29, 0.717) is 34.1 Å². The van der Waals surface area contributed by atoms with Gasteiger partial charge in [-0.25, -0.2) is 0 Å². The number of benzene rings is 4. The second-order valence-corrected chi connectivity index (χ2v) is 6.73. The normalized spacial score (nSPS) is 11.1. The highest BCUT2D eigenvalue weighted by molar-refractivity contribution is 5.55. The molecule has 4 aromatic carbocycles. The van der Waals surface area contributed by atoms with E-state index in [2.05, 4.69) is 6.92 Å². The van der Waals surface area contributed by atoms with E-state index in [1.165, 1.54) is 0 Å². The van der Waals surface area contributed by atoms with E-state index in [9.17, 15) is 0 Å². The second-order valence-electron chi connectivity index (χ2n) is 6.73. The van der Waals surface area contributed by atoms with Gasteiger partial charge in [-0.15, -0.1) is 0 Å². The van der Waals surface area contributed by atoms with E-state index in [-0.39, 0.29) is 0 Å². The molecule has 0 atom stereocenters. The maximum atomic E-state index is 9.15. The minimum atomic E-state index is -1.32. The Labute approximate surface area is 172 Å². The summed E-state index contributed by atoms with van der Waals surface area (Å²) in [7, 11) is 0. The van der Waals surface area contributed by atoms with Crippen LogP contribution in [-0.2, 0) is 5.41 Å². The van der Waals surface area contributed by atoms with Crippen molar-refractivity contribution in [1.29, 1.82) is 0 Å². The van der Waals surface area contributed by atoms with Crippen LogP contribution in [0.4, 0.5) is 0 Å². The molecule has 0 amide bonds. The monoisotopic (exact) mass is 376 g/mol. The van der Waals surface area contributed by atoms with E-state index < -0.39 is 5.41 Å². The van der Waals surface area contributed by atoms with Crippen molar-refractivity contribution in [3.05, 3.63) is 134 Å². The Bertz CT molecular complexity index is 983. The molecule has 4 radical (unpaired) electrons. The number of hydrogen-bond acceptors (Lipinski definition) is 2. The van der Waals surface area contributed by atoms with Gasteiger partial charge in [0.15, 0.2) is 0 Å². The standard InChI is InChI=1S/C27H20O2/c1-27(2,23-17-9-11-19-25(23)28-21-13-5-3-6-14-21)24-18-10-12-20-26(24)29-22-15-7-4-8-16-22/h3-20H,1H2. The van der Waals surface area contributed by atoms with Crippen molar-refractivity contribution in [2.45, 2.75) is 5.41 Å². The highest BCUT2D eigenvalue weighted by atomic mass is 16.5. The molecule has 140 valence electrons. The van der Waals surface area contributed by atoms with Crippen LogP contribution in [0.5, 0.6) is 23.0 Å². The second kappa shape index (κ2) is 8.24.